The maximum atomic E-state index is 12.9. The lowest BCUT2D eigenvalue weighted by Gasteiger charge is -2.33. The Morgan fingerprint density at radius 2 is 1.90 bits per heavy atom. The number of hydrogen-bond donors (Lipinski definition) is 1. The third kappa shape index (κ3) is 4.30. The summed E-state index contributed by atoms with van der Waals surface area (Å²) in [5.41, 5.74) is 2.95. The van der Waals surface area contributed by atoms with Gasteiger partial charge in [0.15, 0.2) is 6.61 Å². The van der Waals surface area contributed by atoms with Crippen LogP contribution in [0.3, 0.4) is 0 Å². The van der Waals surface area contributed by atoms with Gasteiger partial charge in [-0.25, -0.2) is 14.8 Å². The number of ether oxygens (including phenoxy) is 1. The van der Waals surface area contributed by atoms with Crippen molar-refractivity contribution in [1.29, 1.82) is 0 Å². The molecule has 1 saturated carbocycles. The molecule has 1 saturated heterocycles. The Morgan fingerprint density at radius 1 is 1.13 bits per heavy atom. The Labute approximate surface area is 176 Å². The normalized spacial score (nSPS) is 23.0. The summed E-state index contributed by atoms with van der Waals surface area (Å²) >= 11 is 0. The van der Waals surface area contributed by atoms with Gasteiger partial charge >= 0.3 is 5.97 Å². The number of esters is 1. The van der Waals surface area contributed by atoms with Crippen molar-refractivity contribution in [3.8, 4) is 0 Å². The molecule has 158 valence electrons. The maximum absolute atomic E-state index is 12.9. The summed E-state index contributed by atoms with van der Waals surface area (Å²) in [6.07, 6.45) is 8.57. The van der Waals surface area contributed by atoms with E-state index in [2.05, 4.69) is 15.3 Å². The molecule has 1 aliphatic heterocycles. The molecule has 7 nitrogen and oxygen atoms in total. The fourth-order valence-electron chi connectivity index (χ4n) is 4.63. The second-order valence-corrected chi connectivity index (χ2v) is 8.27. The van der Waals surface area contributed by atoms with Crippen LogP contribution in [0, 0.1) is 19.8 Å². The first kappa shape index (κ1) is 20.3. The molecule has 1 aromatic carbocycles. The van der Waals surface area contributed by atoms with E-state index in [1.165, 1.54) is 6.42 Å². The highest BCUT2D eigenvalue weighted by Gasteiger charge is 2.47. The molecule has 30 heavy (non-hydrogen) atoms. The van der Waals surface area contributed by atoms with Crippen LogP contribution >= 0.6 is 0 Å². The van der Waals surface area contributed by atoms with Gasteiger partial charge < -0.3 is 15.0 Å². The highest BCUT2D eigenvalue weighted by molar-refractivity contribution is 5.93. The van der Waals surface area contributed by atoms with E-state index in [-0.39, 0.29) is 24.5 Å². The van der Waals surface area contributed by atoms with Crippen molar-refractivity contribution in [1.82, 2.24) is 9.97 Å². The predicted octanol–water partition coefficient (Wildman–Crippen LogP) is 3.41. The van der Waals surface area contributed by atoms with Gasteiger partial charge in [0, 0.05) is 24.1 Å². The van der Waals surface area contributed by atoms with E-state index in [1.807, 2.05) is 36.9 Å². The summed E-state index contributed by atoms with van der Waals surface area (Å²) in [5, 5.41) is 2.79. The van der Waals surface area contributed by atoms with Crippen LogP contribution in [0.1, 0.15) is 43.2 Å². The third-order valence-corrected chi connectivity index (χ3v) is 6.28. The van der Waals surface area contributed by atoms with Gasteiger partial charge in [-0.2, -0.15) is 0 Å². The second kappa shape index (κ2) is 8.81. The van der Waals surface area contributed by atoms with Crippen LogP contribution in [0.2, 0.25) is 0 Å². The molecule has 1 aliphatic carbocycles. The molecule has 0 spiro atoms. The van der Waals surface area contributed by atoms with Crippen molar-refractivity contribution in [3.05, 3.63) is 47.8 Å². The molecule has 7 heteroatoms. The molecule has 0 bridgehead atoms. The molecule has 2 aliphatic rings. The standard InChI is InChI=1S/C23H28N4O3/c1-15-8-9-18(12-16(15)2)26-21(28)14-30-22(29)20-13-17-6-3-4-7-19(17)27(20)23-24-10-5-11-25-23/h5,8-12,17,19-20H,3-4,6-7,13-14H2,1-2H3,(H,26,28)/t17-,19+,20-/m0/s1. The highest BCUT2D eigenvalue weighted by atomic mass is 16.5. The lowest BCUT2D eigenvalue weighted by Crippen LogP contribution is -2.44. The van der Waals surface area contributed by atoms with E-state index < -0.39 is 6.04 Å². The van der Waals surface area contributed by atoms with Crippen molar-refractivity contribution in [2.24, 2.45) is 5.92 Å². The van der Waals surface area contributed by atoms with Crippen LogP contribution in [-0.4, -0.2) is 40.5 Å². The molecule has 3 atom stereocenters. The molecule has 0 unspecified atom stereocenters. The number of carbonyl (C=O) groups is 2. The molecule has 2 aromatic rings. The highest BCUT2D eigenvalue weighted by Crippen LogP contribution is 2.41. The molecule has 4 rings (SSSR count). The second-order valence-electron chi connectivity index (χ2n) is 8.27. The van der Waals surface area contributed by atoms with Crippen LogP contribution in [0.25, 0.3) is 0 Å². The van der Waals surface area contributed by atoms with E-state index in [4.69, 9.17) is 4.74 Å². The van der Waals surface area contributed by atoms with Crippen molar-refractivity contribution in [3.63, 3.8) is 0 Å². The number of aryl methyl sites for hydroxylation is 2. The Kier molecular flexibility index (Phi) is 5.97. The monoisotopic (exact) mass is 408 g/mol. The lowest BCUT2D eigenvalue weighted by atomic mass is 9.85. The Balaban J connectivity index is 1.41. The first-order valence-corrected chi connectivity index (χ1v) is 10.6. The van der Waals surface area contributed by atoms with E-state index in [1.54, 1.807) is 18.5 Å². The average Bonchev–Trinajstić information content (AvgIpc) is 3.15. The minimum Gasteiger partial charge on any atom is -0.454 e. The molecule has 0 radical (unpaired) electrons. The number of hydrogen-bond acceptors (Lipinski definition) is 6. The Morgan fingerprint density at radius 3 is 2.67 bits per heavy atom. The van der Waals surface area contributed by atoms with Crippen molar-refractivity contribution < 1.29 is 14.3 Å². The lowest BCUT2D eigenvalue weighted by molar-refractivity contribution is -0.148. The maximum Gasteiger partial charge on any atom is 0.329 e. The van der Waals surface area contributed by atoms with Crippen LogP contribution in [-0.2, 0) is 14.3 Å². The van der Waals surface area contributed by atoms with Crippen molar-refractivity contribution in [2.45, 2.75) is 58.0 Å². The van der Waals surface area contributed by atoms with Gasteiger partial charge in [-0.15, -0.1) is 0 Å². The van der Waals surface area contributed by atoms with E-state index in [0.29, 0.717) is 17.6 Å². The number of rotatable bonds is 5. The SMILES string of the molecule is Cc1ccc(NC(=O)COC(=O)[C@@H]2C[C@@H]3CCCC[C@H]3N2c2ncccn2)cc1C. The first-order valence-electron chi connectivity index (χ1n) is 10.6. The number of anilines is 2. The topological polar surface area (TPSA) is 84.4 Å². The van der Waals surface area contributed by atoms with Crippen LogP contribution in [0.5, 0.6) is 0 Å². The molecule has 2 heterocycles. The Bertz CT molecular complexity index is 918. The zero-order valence-corrected chi connectivity index (χ0v) is 17.5. The van der Waals surface area contributed by atoms with Gasteiger partial charge in [-0.05, 0) is 68.4 Å². The largest absolute Gasteiger partial charge is 0.454 e. The molecule has 2 fully saturated rings. The van der Waals surface area contributed by atoms with Gasteiger partial charge in [-0.3, -0.25) is 4.79 Å². The van der Waals surface area contributed by atoms with E-state index in [9.17, 15) is 9.59 Å². The third-order valence-electron chi connectivity index (χ3n) is 6.28. The van der Waals surface area contributed by atoms with Gasteiger partial charge in [0.2, 0.25) is 5.95 Å². The van der Waals surface area contributed by atoms with Crippen LogP contribution in [0.4, 0.5) is 11.6 Å². The number of nitrogens with zero attached hydrogens (tertiary/aromatic N) is 3. The molecular weight excluding hydrogens is 380 g/mol. The summed E-state index contributed by atoms with van der Waals surface area (Å²) in [7, 11) is 0. The summed E-state index contributed by atoms with van der Waals surface area (Å²) < 4.78 is 5.42. The van der Waals surface area contributed by atoms with Crippen molar-refractivity contribution >= 4 is 23.5 Å². The fourth-order valence-corrected chi connectivity index (χ4v) is 4.63. The summed E-state index contributed by atoms with van der Waals surface area (Å²) in [4.78, 5) is 36.0. The number of carbonyl (C=O) groups excluding carboxylic acids is 2. The summed E-state index contributed by atoms with van der Waals surface area (Å²) in [6, 6.07) is 7.28. The zero-order valence-electron chi connectivity index (χ0n) is 17.5. The molecule has 1 amide bonds. The van der Waals surface area contributed by atoms with E-state index in [0.717, 1.165) is 36.8 Å². The van der Waals surface area contributed by atoms with Crippen LogP contribution < -0.4 is 10.2 Å². The summed E-state index contributed by atoms with van der Waals surface area (Å²) in [5.74, 6) is 0.273. The number of nitrogens with one attached hydrogen (secondary N) is 1. The fraction of sp³-hybridized carbons (Fsp3) is 0.478. The van der Waals surface area contributed by atoms with Crippen LogP contribution in [0.15, 0.2) is 36.7 Å². The predicted molar refractivity (Wildman–Crippen MR) is 114 cm³/mol. The smallest absolute Gasteiger partial charge is 0.329 e. The Hall–Kier alpha value is -2.96. The number of aromatic nitrogens is 2. The van der Waals surface area contributed by atoms with Gasteiger partial charge in [0.05, 0.1) is 0 Å². The number of benzene rings is 1. The molecular formula is C23H28N4O3. The van der Waals surface area contributed by atoms with Gasteiger partial charge in [-0.1, -0.05) is 18.9 Å². The average molecular weight is 409 g/mol. The minimum atomic E-state index is -0.449. The van der Waals surface area contributed by atoms with Crippen molar-refractivity contribution in [2.75, 3.05) is 16.8 Å². The first-order chi connectivity index (χ1) is 14.5. The van der Waals surface area contributed by atoms with E-state index >= 15 is 0 Å². The quantitative estimate of drug-likeness (QED) is 0.763. The summed E-state index contributed by atoms with van der Waals surface area (Å²) in [6.45, 7) is 3.70. The molecule has 1 aromatic heterocycles. The number of amides is 1. The molecule has 1 N–H and O–H groups in total. The minimum absolute atomic E-state index is 0.253. The van der Waals surface area contributed by atoms with Gasteiger partial charge in [0.1, 0.15) is 6.04 Å². The zero-order chi connectivity index (χ0) is 21.1. The van der Waals surface area contributed by atoms with Gasteiger partial charge in [0.25, 0.3) is 5.91 Å². The number of fused-ring (bicyclic) bond motifs is 1.